The second-order valence-corrected chi connectivity index (χ2v) is 3.73. The Kier molecular flexibility index (Phi) is 2.48. The third-order valence-electron chi connectivity index (χ3n) is 2.41. The van der Waals surface area contributed by atoms with Gasteiger partial charge < -0.3 is 4.90 Å². The summed E-state index contributed by atoms with van der Waals surface area (Å²) in [6.45, 7) is 0. The number of carbonyl (C=O) groups excluding carboxylic acids is 2. The third-order valence-corrected chi connectivity index (χ3v) is 2.41. The second-order valence-electron chi connectivity index (χ2n) is 3.73. The van der Waals surface area contributed by atoms with Gasteiger partial charge in [0.1, 0.15) is 0 Å². The van der Waals surface area contributed by atoms with Crippen LogP contribution in [0.1, 0.15) is 0 Å². The summed E-state index contributed by atoms with van der Waals surface area (Å²) in [5.41, 5.74) is 1.46. The van der Waals surface area contributed by atoms with Crippen LogP contribution in [-0.4, -0.2) is 25.9 Å². The fourth-order valence-corrected chi connectivity index (χ4v) is 1.67. The fourth-order valence-electron chi connectivity index (χ4n) is 1.67. The third kappa shape index (κ3) is 1.58. The van der Waals surface area contributed by atoms with E-state index in [0.717, 1.165) is 5.69 Å². The predicted octanol–water partition coefficient (Wildman–Crippen LogP) is 1.18. The molecule has 82 valence electrons. The fraction of sp³-hybridized carbons (Fsp3) is 0.167. The molecule has 4 heteroatoms. The lowest BCUT2D eigenvalue weighted by molar-refractivity contribution is -0.119. The molecule has 1 aliphatic rings. The molecule has 1 aliphatic heterocycles. The molecule has 0 N–H and O–H groups in total. The molecule has 1 heterocycles. The number of carbonyl (C=O) groups is 2. The van der Waals surface area contributed by atoms with E-state index in [1.54, 1.807) is 12.1 Å². The summed E-state index contributed by atoms with van der Waals surface area (Å²) in [7, 11) is 3.74. The Hall–Kier alpha value is -2.10. The summed E-state index contributed by atoms with van der Waals surface area (Å²) in [6.07, 6.45) is 2.57. The van der Waals surface area contributed by atoms with Crippen molar-refractivity contribution in [3.63, 3.8) is 0 Å². The van der Waals surface area contributed by atoms with E-state index >= 15 is 0 Å². The van der Waals surface area contributed by atoms with Crippen molar-refractivity contribution in [1.29, 1.82) is 0 Å². The summed E-state index contributed by atoms with van der Waals surface area (Å²) in [4.78, 5) is 26.2. The normalized spacial score (nSPS) is 14.8. The molecular weight excluding hydrogens is 204 g/mol. The highest BCUT2D eigenvalue weighted by Crippen LogP contribution is 2.29. The van der Waals surface area contributed by atoms with Gasteiger partial charge in [0.05, 0.1) is 11.4 Å². The van der Waals surface area contributed by atoms with Crippen molar-refractivity contribution >= 4 is 23.2 Å². The van der Waals surface area contributed by atoms with Gasteiger partial charge in [-0.2, -0.15) is 0 Å². The smallest absolute Gasteiger partial charge is 0.258 e. The summed E-state index contributed by atoms with van der Waals surface area (Å²) < 4.78 is 0. The van der Waals surface area contributed by atoms with E-state index < -0.39 is 0 Å². The van der Waals surface area contributed by atoms with Gasteiger partial charge in [-0.3, -0.25) is 9.59 Å². The van der Waals surface area contributed by atoms with Gasteiger partial charge >= 0.3 is 0 Å². The molecule has 0 spiro atoms. The Balaban J connectivity index is 2.48. The second kappa shape index (κ2) is 3.81. The molecule has 0 atom stereocenters. The molecule has 0 aliphatic carbocycles. The van der Waals surface area contributed by atoms with Gasteiger partial charge in [-0.1, -0.05) is 12.1 Å². The standard InChI is InChI=1S/C12H12N2O2/c1-13(2)9-5-3-4-6-10(9)14-11(15)7-8-12(14)16/h3-8H,1-2H3. The molecule has 0 unspecified atom stereocenters. The molecule has 0 radical (unpaired) electrons. The minimum Gasteiger partial charge on any atom is -0.376 e. The Morgan fingerprint density at radius 1 is 1.00 bits per heavy atom. The zero-order valence-electron chi connectivity index (χ0n) is 9.18. The average Bonchev–Trinajstić information content (AvgIpc) is 2.58. The van der Waals surface area contributed by atoms with Crippen LogP contribution in [-0.2, 0) is 9.59 Å². The van der Waals surface area contributed by atoms with Gasteiger partial charge in [-0.05, 0) is 12.1 Å². The molecule has 0 fully saturated rings. The summed E-state index contributed by atoms with van der Waals surface area (Å²) in [5, 5.41) is 0. The highest BCUT2D eigenvalue weighted by atomic mass is 16.2. The molecule has 1 aromatic carbocycles. The Bertz CT molecular complexity index is 460. The highest BCUT2D eigenvalue weighted by molar-refractivity contribution is 6.29. The molecule has 2 amide bonds. The predicted molar refractivity (Wildman–Crippen MR) is 62.4 cm³/mol. The van der Waals surface area contributed by atoms with Gasteiger partial charge in [0, 0.05) is 26.2 Å². The molecular formula is C12H12N2O2. The number of amides is 2. The van der Waals surface area contributed by atoms with Crippen LogP contribution in [0.25, 0.3) is 0 Å². The first kappa shape index (κ1) is 10.4. The van der Waals surface area contributed by atoms with E-state index in [1.165, 1.54) is 17.1 Å². The number of imide groups is 1. The Labute approximate surface area is 93.8 Å². The summed E-state index contributed by atoms with van der Waals surface area (Å²) in [5.74, 6) is -0.585. The molecule has 0 saturated carbocycles. The van der Waals surface area contributed by atoms with Gasteiger partial charge in [0.15, 0.2) is 0 Å². The van der Waals surface area contributed by atoms with Crippen molar-refractivity contribution in [3.05, 3.63) is 36.4 Å². The lowest BCUT2D eigenvalue weighted by Gasteiger charge is -2.22. The lowest BCUT2D eigenvalue weighted by atomic mass is 10.2. The molecule has 0 bridgehead atoms. The average molecular weight is 216 g/mol. The molecule has 16 heavy (non-hydrogen) atoms. The first-order valence-corrected chi connectivity index (χ1v) is 4.94. The van der Waals surface area contributed by atoms with E-state index in [-0.39, 0.29) is 11.8 Å². The SMILES string of the molecule is CN(C)c1ccccc1N1C(=O)C=CC1=O. The zero-order valence-corrected chi connectivity index (χ0v) is 9.18. The lowest BCUT2D eigenvalue weighted by Crippen LogP contribution is -2.31. The van der Waals surface area contributed by atoms with Crippen LogP contribution in [0.2, 0.25) is 0 Å². The molecule has 4 nitrogen and oxygen atoms in total. The van der Waals surface area contributed by atoms with Crippen molar-refractivity contribution in [1.82, 2.24) is 0 Å². The number of hydrogen-bond donors (Lipinski definition) is 0. The van der Waals surface area contributed by atoms with Crippen molar-refractivity contribution < 1.29 is 9.59 Å². The van der Waals surface area contributed by atoms with Crippen LogP contribution in [0.15, 0.2) is 36.4 Å². The van der Waals surface area contributed by atoms with Gasteiger partial charge in [0.25, 0.3) is 11.8 Å². The molecule has 0 aromatic heterocycles. The van der Waals surface area contributed by atoms with E-state index in [1.807, 2.05) is 31.1 Å². The van der Waals surface area contributed by atoms with E-state index in [9.17, 15) is 9.59 Å². The quantitative estimate of drug-likeness (QED) is 0.697. The highest BCUT2D eigenvalue weighted by Gasteiger charge is 2.27. The Morgan fingerprint density at radius 2 is 1.56 bits per heavy atom. The number of para-hydroxylation sites is 2. The van der Waals surface area contributed by atoms with Crippen LogP contribution in [0.4, 0.5) is 11.4 Å². The topological polar surface area (TPSA) is 40.6 Å². The largest absolute Gasteiger partial charge is 0.376 e. The van der Waals surface area contributed by atoms with Crippen LogP contribution in [0.5, 0.6) is 0 Å². The molecule has 1 aromatic rings. The molecule has 2 rings (SSSR count). The van der Waals surface area contributed by atoms with Gasteiger partial charge in [0.2, 0.25) is 0 Å². The minimum atomic E-state index is -0.292. The summed E-state index contributed by atoms with van der Waals surface area (Å²) >= 11 is 0. The van der Waals surface area contributed by atoms with Crippen LogP contribution in [0.3, 0.4) is 0 Å². The monoisotopic (exact) mass is 216 g/mol. The number of rotatable bonds is 2. The summed E-state index contributed by atoms with van der Waals surface area (Å²) in [6, 6.07) is 7.31. The van der Waals surface area contributed by atoms with E-state index in [0.29, 0.717) is 5.69 Å². The molecule has 0 saturated heterocycles. The van der Waals surface area contributed by atoms with E-state index in [2.05, 4.69) is 0 Å². The number of hydrogen-bond acceptors (Lipinski definition) is 3. The van der Waals surface area contributed by atoms with Crippen molar-refractivity contribution in [2.75, 3.05) is 23.9 Å². The van der Waals surface area contributed by atoms with Gasteiger partial charge in [-0.15, -0.1) is 0 Å². The van der Waals surface area contributed by atoms with Crippen molar-refractivity contribution in [2.24, 2.45) is 0 Å². The number of nitrogens with zero attached hydrogens (tertiary/aromatic N) is 2. The van der Waals surface area contributed by atoms with Crippen molar-refractivity contribution in [3.8, 4) is 0 Å². The van der Waals surface area contributed by atoms with Crippen LogP contribution >= 0.6 is 0 Å². The van der Waals surface area contributed by atoms with Crippen LogP contribution in [0, 0.1) is 0 Å². The first-order chi connectivity index (χ1) is 7.61. The van der Waals surface area contributed by atoms with E-state index in [4.69, 9.17) is 0 Å². The maximum Gasteiger partial charge on any atom is 0.258 e. The first-order valence-electron chi connectivity index (χ1n) is 4.94. The minimum absolute atomic E-state index is 0.292. The maximum atomic E-state index is 11.6. The van der Waals surface area contributed by atoms with Gasteiger partial charge in [-0.25, -0.2) is 4.90 Å². The number of anilines is 2. The zero-order chi connectivity index (χ0) is 11.7. The maximum absolute atomic E-state index is 11.6. The van der Waals surface area contributed by atoms with Crippen molar-refractivity contribution in [2.45, 2.75) is 0 Å². The Morgan fingerprint density at radius 3 is 2.12 bits per heavy atom. The number of benzene rings is 1. The van der Waals surface area contributed by atoms with Crippen LogP contribution < -0.4 is 9.80 Å².